The van der Waals surface area contributed by atoms with Crippen LogP contribution in [0.1, 0.15) is 127 Å². The summed E-state index contributed by atoms with van der Waals surface area (Å²) in [6.45, 7) is 23.7. The maximum Gasteiger partial charge on any atom is 0.170 e. The van der Waals surface area contributed by atoms with Crippen molar-refractivity contribution >= 4 is 0 Å². The van der Waals surface area contributed by atoms with Crippen LogP contribution in [0.15, 0.2) is 0 Å². The van der Waals surface area contributed by atoms with E-state index in [0.717, 1.165) is 64.2 Å². The highest BCUT2D eigenvalue weighted by Crippen LogP contribution is 2.87. The van der Waals surface area contributed by atoms with Crippen LogP contribution in [0.5, 0.6) is 0 Å². The molecule has 8 heteroatoms. The molecule has 3 aliphatic heterocycles. The molecule has 48 heavy (non-hydrogen) atoms. The Morgan fingerprint density at radius 2 is 1.56 bits per heavy atom. The lowest BCUT2D eigenvalue weighted by molar-refractivity contribution is -0.253. The summed E-state index contributed by atoms with van der Waals surface area (Å²) in [5.41, 5.74) is 7.24. The largest absolute Gasteiger partial charge is 0.400 e. The Hall–Kier alpha value is -0.320. The van der Waals surface area contributed by atoms with Crippen LogP contribution in [-0.4, -0.2) is 97.4 Å². The van der Waals surface area contributed by atoms with Crippen LogP contribution in [0.4, 0.5) is 0 Å². The van der Waals surface area contributed by atoms with E-state index in [1.807, 2.05) is 41.5 Å². The molecule has 280 valence electrons. The van der Waals surface area contributed by atoms with E-state index in [0.29, 0.717) is 34.3 Å². The fraction of sp³-hybridized carbons (Fsp3) is 1.00. The molecular formula is C40H74N2O6. The van der Waals surface area contributed by atoms with Gasteiger partial charge < -0.3 is 34.9 Å². The van der Waals surface area contributed by atoms with Crippen molar-refractivity contribution in [1.82, 2.24) is 4.90 Å². The van der Waals surface area contributed by atoms with Crippen molar-refractivity contribution in [3.05, 3.63) is 0 Å². The molecule has 3 heterocycles. The smallest absolute Gasteiger partial charge is 0.170 e. The lowest BCUT2D eigenvalue weighted by atomic mass is 9.46. The van der Waals surface area contributed by atoms with Gasteiger partial charge in [0.05, 0.1) is 62.4 Å². The second-order valence-corrected chi connectivity index (χ2v) is 17.6. The average molecular weight is 679 g/mol. The minimum atomic E-state index is -0.904. The van der Waals surface area contributed by atoms with E-state index in [4.69, 9.17) is 29.8 Å². The van der Waals surface area contributed by atoms with E-state index in [-0.39, 0.29) is 30.0 Å². The number of aliphatic hydroxyl groups excluding tert-OH is 1. The highest BCUT2D eigenvalue weighted by atomic mass is 16.7. The number of hydrogen-bond acceptors (Lipinski definition) is 8. The van der Waals surface area contributed by atoms with Gasteiger partial charge in [0.25, 0.3) is 0 Å². The van der Waals surface area contributed by atoms with Crippen molar-refractivity contribution in [3.63, 3.8) is 0 Å². The summed E-state index contributed by atoms with van der Waals surface area (Å²) < 4.78 is 25.4. The summed E-state index contributed by atoms with van der Waals surface area (Å²) in [7, 11) is 1.00. The highest BCUT2D eigenvalue weighted by Gasteiger charge is 2.80. The molecule has 9 unspecified atom stereocenters. The van der Waals surface area contributed by atoms with E-state index in [1.54, 1.807) is 0 Å². The summed E-state index contributed by atoms with van der Waals surface area (Å²) >= 11 is 0. The van der Waals surface area contributed by atoms with Gasteiger partial charge in [-0.15, -0.1) is 0 Å². The predicted molar refractivity (Wildman–Crippen MR) is 191 cm³/mol. The number of morpholine rings is 1. The predicted octanol–water partition coefficient (Wildman–Crippen LogP) is 6.39. The van der Waals surface area contributed by atoms with Crippen molar-refractivity contribution in [3.8, 4) is 0 Å². The van der Waals surface area contributed by atoms with Crippen molar-refractivity contribution in [2.45, 2.75) is 169 Å². The molecule has 4 N–H and O–H groups in total. The first-order valence-electron chi connectivity index (χ1n) is 20.1. The fourth-order valence-corrected chi connectivity index (χ4v) is 12.9. The summed E-state index contributed by atoms with van der Waals surface area (Å²) in [6, 6.07) is 0.228. The minimum Gasteiger partial charge on any atom is -0.400 e. The third-order valence-corrected chi connectivity index (χ3v) is 15.3. The normalized spacial score (nSPS) is 46.4. The first-order valence-corrected chi connectivity index (χ1v) is 20.1. The summed E-state index contributed by atoms with van der Waals surface area (Å²) in [4.78, 5) is 2.53. The van der Waals surface area contributed by atoms with Gasteiger partial charge in [-0.2, -0.15) is 0 Å². The third-order valence-electron chi connectivity index (χ3n) is 15.3. The molecule has 0 aromatic carbocycles. The van der Waals surface area contributed by atoms with Crippen LogP contribution in [-0.2, 0) is 18.9 Å². The lowest BCUT2D eigenvalue weighted by Gasteiger charge is -2.60. The number of fused-ring (bicyclic) bond motifs is 4. The Balaban J connectivity index is 0.000000713. The van der Waals surface area contributed by atoms with E-state index < -0.39 is 5.60 Å². The lowest BCUT2D eigenvalue weighted by Crippen LogP contribution is -2.58. The minimum absolute atomic E-state index is 0.0229. The first kappa shape index (κ1) is 38.9. The number of rotatable bonds is 5. The van der Waals surface area contributed by atoms with Crippen LogP contribution >= 0.6 is 0 Å². The van der Waals surface area contributed by atoms with Crippen molar-refractivity contribution in [1.29, 1.82) is 0 Å². The van der Waals surface area contributed by atoms with Crippen LogP contribution in [0, 0.1) is 45.3 Å². The molecule has 8 aliphatic rings. The fourth-order valence-electron chi connectivity index (χ4n) is 12.9. The second kappa shape index (κ2) is 14.6. The molecule has 0 bridgehead atoms. The van der Waals surface area contributed by atoms with Gasteiger partial charge in [0.15, 0.2) is 6.29 Å². The SMILES string of the molecule is CC.CC.CC12CC[C@@]34CC35CC[C@H](OC3CN(C6COC6)CCO3)C(C)(C)C5CCC4C1CC1OC([C@H](N)C(C)(C)O)CCC12.CO. The van der Waals surface area contributed by atoms with Crippen molar-refractivity contribution < 1.29 is 29.2 Å². The number of nitrogens with two attached hydrogens (primary N) is 1. The Bertz CT molecular complexity index is 1060. The summed E-state index contributed by atoms with van der Waals surface area (Å²) in [6.07, 6.45) is 13.4. The number of nitrogens with zero attached hydrogens (tertiary/aromatic N) is 1. The summed E-state index contributed by atoms with van der Waals surface area (Å²) in [5.74, 6) is 3.02. The molecule has 0 aromatic rings. The van der Waals surface area contributed by atoms with Gasteiger partial charge >= 0.3 is 0 Å². The topological polar surface area (TPSA) is 107 Å². The molecule has 8 fully saturated rings. The van der Waals surface area contributed by atoms with Gasteiger partial charge in [-0.05, 0) is 123 Å². The molecule has 8 nitrogen and oxygen atoms in total. The zero-order valence-electron chi connectivity index (χ0n) is 32.4. The molecule has 0 amide bonds. The number of aliphatic hydroxyl groups is 2. The van der Waals surface area contributed by atoms with Gasteiger partial charge in [0.1, 0.15) is 0 Å². The van der Waals surface area contributed by atoms with Crippen LogP contribution < -0.4 is 5.73 Å². The molecule has 0 radical (unpaired) electrons. The van der Waals surface area contributed by atoms with Gasteiger partial charge in [-0.25, -0.2) is 0 Å². The van der Waals surface area contributed by atoms with Gasteiger partial charge in [-0.3, -0.25) is 4.90 Å². The quantitative estimate of drug-likeness (QED) is 0.307. The van der Waals surface area contributed by atoms with Crippen molar-refractivity contribution in [2.24, 2.45) is 51.1 Å². The monoisotopic (exact) mass is 679 g/mol. The summed E-state index contributed by atoms with van der Waals surface area (Å²) in [5, 5.41) is 17.6. The zero-order chi connectivity index (χ0) is 35.3. The molecule has 5 saturated carbocycles. The molecular weight excluding hydrogens is 604 g/mol. The molecule has 0 aromatic heterocycles. The van der Waals surface area contributed by atoms with Gasteiger partial charge in [0.2, 0.25) is 0 Å². The Labute approximate surface area is 293 Å². The number of ether oxygens (including phenoxy) is 4. The molecule has 2 spiro atoms. The van der Waals surface area contributed by atoms with Crippen LogP contribution in [0.3, 0.4) is 0 Å². The first-order chi connectivity index (χ1) is 22.9. The molecule has 12 atom stereocenters. The van der Waals surface area contributed by atoms with E-state index in [9.17, 15) is 5.11 Å². The molecule has 8 rings (SSSR count). The van der Waals surface area contributed by atoms with Gasteiger partial charge in [-0.1, -0.05) is 48.5 Å². The van der Waals surface area contributed by atoms with Crippen LogP contribution in [0.25, 0.3) is 0 Å². The Morgan fingerprint density at radius 3 is 2.21 bits per heavy atom. The molecule has 5 aliphatic carbocycles. The van der Waals surface area contributed by atoms with Crippen molar-refractivity contribution in [2.75, 3.05) is 40.0 Å². The highest BCUT2D eigenvalue weighted by molar-refractivity contribution is 5.29. The third kappa shape index (κ3) is 6.16. The van der Waals surface area contributed by atoms with Gasteiger partial charge in [0, 0.05) is 13.7 Å². The number of hydrogen-bond donors (Lipinski definition) is 3. The van der Waals surface area contributed by atoms with Crippen LogP contribution in [0.2, 0.25) is 0 Å². The van der Waals surface area contributed by atoms with E-state index in [2.05, 4.69) is 25.7 Å². The average Bonchev–Trinajstić information content (AvgIpc) is 3.63. The standard InChI is InChI=1S/C35H58N2O5.2C2H6.CH4O/c1-31(2)27-9-7-22-24-16-26-23(6-8-25(41-26)30(36)32(3,4)38)33(24,5)12-13-34(22)20-35(27,34)11-10-28(31)42-29-17-37(14-15-40-29)21-18-39-19-21;3*1-2/h21-30,38H,6-20,36H2,1-5H3;2*1-2H3;2H,1H3/t22?,23?,24?,25?,26?,27?,28-,29?,30-,33?,34-,35?;;;/m0.../s1. The van der Waals surface area contributed by atoms with E-state index in [1.165, 1.54) is 57.8 Å². The Kier molecular flexibility index (Phi) is 11.8. The zero-order valence-corrected chi connectivity index (χ0v) is 32.4. The molecule has 3 saturated heterocycles. The second-order valence-electron chi connectivity index (χ2n) is 17.6. The Morgan fingerprint density at radius 1 is 0.875 bits per heavy atom. The maximum atomic E-state index is 10.6. The van der Waals surface area contributed by atoms with E-state index >= 15 is 0 Å². The maximum absolute atomic E-state index is 10.6.